The van der Waals surface area contributed by atoms with Crippen LogP contribution in [-0.2, 0) is 6.54 Å². The first-order valence-electron chi connectivity index (χ1n) is 4.85. The highest BCUT2D eigenvalue weighted by molar-refractivity contribution is 5.94. The molecule has 7 heteroatoms. The molecule has 0 radical (unpaired) electrons. The topological polar surface area (TPSA) is 111 Å². The Morgan fingerprint density at radius 2 is 2.29 bits per heavy atom. The van der Waals surface area contributed by atoms with Crippen molar-refractivity contribution in [3.63, 3.8) is 0 Å². The molecule has 0 atom stereocenters. The number of H-pyrrole nitrogens is 2. The van der Waals surface area contributed by atoms with Crippen molar-refractivity contribution in [2.24, 2.45) is 0 Å². The summed E-state index contributed by atoms with van der Waals surface area (Å²) in [6.07, 6.45) is 1.57. The predicted molar refractivity (Wildman–Crippen MR) is 58.5 cm³/mol. The second kappa shape index (κ2) is 4.52. The van der Waals surface area contributed by atoms with Crippen LogP contribution in [0.25, 0.3) is 0 Å². The fraction of sp³-hybridized carbons (Fsp3) is 0.100. The molecular formula is C10H10N4O3. The monoisotopic (exact) mass is 234 g/mol. The van der Waals surface area contributed by atoms with E-state index in [1.54, 1.807) is 12.3 Å². The van der Waals surface area contributed by atoms with E-state index in [9.17, 15) is 9.59 Å². The van der Waals surface area contributed by atoms with E-state index in [1.807, 2.05) is 0 Å². The lowest BCUT2D eigenvalue weighted by molar-refractivity contribution is 0.0949. The highest BCUT2D eigenvalue weighted by Gasteiger charge is 2.07. The van der Waals surface area contributed by atoms with Gasteiger partial charge in [0.1, 0.15) is 0 Å². The molecule has 0 aromatic carbocycles. The SMILES string of the molecule is O=C(NCc1ccn[nH]1)c1cc(O)[nH]c(=O)c1. The van der Waals surface area contributed by atoms with E-state index in [1.165, 1.54) is 6.07 Å². The molecule has 0 fully saturated rings. The first-order valence-corrected chi connectivity index (χ1v) is 4.85. The van der Waals surface area contributed by atoms with Crippen LogP contribution in [-0.4, -0.2) is 26.2 Å². The zero-order valence-corrected chi connectivity index (χ0v) is 8.73. The molecule has 0 aliphatic heterocycles. The number of hydrogen-bond acceptors (Lipinski definition) is 4. The summed E-state index contributed by atoms with van der Waals surface area (Å²) in [6.45, 7) is 0.270. The number of aromatic hydroxyl groups is 1. The van der Waals surface area contributed by atoms with Crippen molar-refractivity contribution in [3.8, 4) is 5.88 Å². The third-order valence-electron chi connectivity index (χ3n) is 2.09. The Labute approximate surface area is 95.5 Å². The van der Waals surface area contributed by atoms with Gasteiger partial charge in [0, 0.05) is 18.3 Å². The van der Waals surface area contributed by atoms with Gasteiger partial charge < -0.3 is 10.4 Å². The van der Waals surface area contributed by atoms with E-state index in [2.05, 4.69) is 20.5 Å². The molecule has 0 spiro atoms. The summed E-state index contributed by atoms with van der Waals surface area (Å²) in [4.78, 5) is 24.8. The number of nitrogens with zero attached hydrogens (tertiary/aromatic N) is 1. The van der Waals surface area contributed by atoms with Gasteiger partial charge in [-0.15, -0.1) is 0 Å². The lowest BCUT2D eigenvalue weighted by atomic mass is 10.2. The Hall–Kier alpha value is -2.57. The van der Waals surface area contributed by atoms with E-state index in [0.717, 1.165) is 11.8 Å². The van der Waals surface area contributed by atoms with Crippen molar-refractivity contribution >= 4 is 5.91 Å². The number of carbonyl (C=O) groups excluding carboxylic acids is 1. The van der Waals surface area contributed by atoms with Crippen LogP contribution in [0, 0.1) is 0 Å². The van der Waals surface area contributed by atoms with E-state index < -0.39 is 11.5 Å². The van der Waals surface area contributed by atoms with E-state index in [4.69, 9.17) is 5.11 Å². The normalized spacial score (nSPS) is 10.1. The Morgan fingerprint density at radius 1 is 1.47 bits per heavy atom. The van der Waals surface area contributed by atoms with Crippen LogP contribution in [0.2, 0.25) is 0 Å². The van der Waals surface area contributed by atoms with Gasteiger partial charge >= 0.3 is 0 Å². The maximum atomic E-state index is 11.6. The third-order valence-corrected chi connectivity index (χ3v) is 2.09. The van der Waals surface area contributed by atoms with Crippen LogP contribution < -0.4 is 10.9 Å². The number of rotatable bonds is 3. The van der Waals surface area contributed by atoms with Crippen molar-refractivity contribution in [3.05, 3.63) is 46.0 Å². The fourth-order valence-corrected chi connectivity index (χ4v) is 1.32. The molecule has 7 nitrogen and oxygen atoms in total. The summed E-state index contributed by atoms with van der Waals surface area (Å²) < 4.78 is 0. The lowest BCUT2D eigenvalue weighted by Gasteiger charge is -2.03. The molecule has 0 saturated carbocycles. The molecule has 2 heterocycles. The van der Waals surface area contributed by atoms with Gasteiger partial charge in [0.25, 0.3) is 11.5 Å². The van der Waals surface area contributed by atoms with E-state index >= 15 is 0 Å². The van der Waals surface area contributed by atoms with Gasteiger partial charge in [-0.2, -0.15) is 5.10 Å². The van der Waals surface area contributed by atoms with Gasteiger partial charge in [0.05, 0.1) is 17.8 Å². The highest BCUT2D eigenvalue weighted by Crippen LogP contribution is 2.04. The molecule has 88 valence electrons. The van der Waals surface area contributed by atoms with Crippen LogP contribution >= 0.6 is 0 Å². The average molecular weight is 234 g/mol. The molecule has 4 N–H and O–H groups in total. The fourth-order valence-electron chi connectivity index (χ4n) is 1.32. The van der Waals surface area contributed by atoms with Crippen molar-refractivity contribution in [1.29, 1.82) is 0 Å². The van der Waals surface area contributed by atoms with Gasteiger partial charge in [-0.25, -0.2) is 0 Å². The maximum absolute atomic E-state index is 11.6. The van der Waals surface area contributed by atoms with Gasteiger partial charge in [-0.3, -0.25) is 19.7 Å². The number of carbonyl (C=O) groups is 1. The Morgan fingerprint density at radius 3 is 2.94 bits per heavy atom. The minimum absolute atomic E-state index is 0.103. The first-order chi connectivity index (χ1) is 8.15. The molecule has 0 aliphatic carbocycles. The second-order valence-corrected chi connectivity index (χ2v) is 3.38. The molecular weight excluding hydrogens is 224 g/mol. The lowest BCUT2D eigenvalue weighted by Crippen LogP contribution is -2.24. The molecule has 0 unspecified atom stereocenters. The Kier molecular flexibility index (Phi) is 2.91. The van der Waals surface area contributed by atoms with E-state index in [-0.39, 0.29) is 18.0 Å². The molecule has 0 saturated heterocycles. The van der Waals surface area contributed by atoms with Crippen LogP contribution in [0.15, 0.2) is 29.2 Å². The summed E-state index contributed by atoms with van der Waals surface area (Å²) in [6, 6.07) is 4.02. The Balaban J connectivity index is 2.07. The number of pyridine rings is 1. The minimum Gasteiger partial charge on any atom is -0.494 e. The van der Waals surface area contributed by atoms with Gasteiger partial charge in [0.15, 0.2) is 5.88 Å². The molecule has 17 heavy (non-hydrogen) atoms. The molecule has 2 rings (SSSR count). The number of hydrogen-bond donors (Lipinski definition) is 4. The van der Waals surface area contributed by atoms with Crippen LogP contribution in [0.5, 0.6) is 5.88 Å². The number of nitrogens with one attached hydrogen (secondary N) is 3. The molecule has 2 aromatic rings. The summed E-state index contributed by atoms with van der Waals surface area (Å²) in [7, 11) is 0. The summed E-state index contributed by atoms with van der Waals surface area (Å²) >= 11 is 0. The van der Waals surface area contributed by atoms with Gasteiger partial charge in [0.2, 0.25) is 0 Å². The standard InChI is InChI=1S/C10H10N4O3/c15-8-3-6(4-9(16)13-8)10(17)11-5-7-1-2-12-14-7/h1-4H,5H2,(H,11,17)(H,12,14)(H2,13,15,16). The Bertz CT molecular complexity index is 573. The zero-order valence-electron chi connectivity index (χ0n) is 8.73. The van der Waals surface area contributed by atoms with Gasteiger partial charge in [-0.1, -0.05) is 0 Å². The number of aromatic amines is 2. The van der Waals surface area contributed by atoms with Gasteiger partial charge in [-0.05, 0) is 6.07 Å². The van der Waals surface area contributed by atoms with Crippen molar-refractivity contribution in [1.82, 2.24) is 20.5 Å². The summed E-state index contributed by atoms with van der Waals surface area (Å²) in [5, 5.41) is 18.1. The average Bonchev–Trinajstić information content (AvgIpc) is 2.77. The van der Waals surface area contributed by atoms with Crippen LogP contribution in [0.3, 0.4) is 0 Å². The third kappa shape index (κ3) is 2.71. The number of amides is 1. The van der Waals surface area contributed by atoms with Crippen molar-refractivity contribution in [2.75, 3.05) is 0 Å². The van der Waals surface area contributed by atoms with Crippen molar-refractivity contribution < 1.29 is 9.90 Å². The van der Waals surface area contributed by atoms with Crippen molar-refractivity contribution in [2.45, 2.75) is 6.54 Å². The second-order valence-electron chi connectivity index (χ2n) is 3.38. The van der Waals surface area contributed by atoms with Crippen LogP contribution in [0.1, 0.15) is 16.1 Å². The predicted octanol–water partition coefficient (Wildman–Crippen LogP) is -0.266. The largest absolute Gasteiger partial charge is 0.494 e. The quantitative estimate of drug-likeness (QED) is 0.586. The maximum Gasteiger partial charge on any atom is 0.251 e. The molecule has 1 amide bonds. The zero-order chi connectivity index (χ0) is 12.3. The molecule has 0 bridgehead atoms. The first kappa shape index (κ1) is 10.9. The highest BCUT2D eigenvalue weighted by atomic mass is 16.3. The smallest absolute Gasteiger partial charge is 0.251 e. The number of aromatic nitrogens is 3. The molecule has 2 aromatic heterocycles. The van der Waals surface area contributed by atoms with E-state index in [0.29, 0.717) is 0 Å². The van der Waals surface area contributed by atoms with Crippen LogP contribution in [0.4, 0.5) is 0 Å². The molecule has 0 aliphatic rings. The summed E-state index contributed by atoms with van der Waals surface area (Å²) in [5.74, 6) is -0.787. The summed E-state index contributed by atoms with van der Waals surface area (Å²) in [5.41, 5.74) is 0.315. The minimum atomic E-state index is -0.531.